The summed E-state index contributed by atoms with van der Waals surface area (Å²) in [5.41, 5.74) is -1.29. The van der Waals surface area contributed by atoms with Crippen molar-refractivity contribution in [3.8, 4) is 0 Å². The lowest BCUT2D eigenvalue weighted by atomic mass is 10.1. The van der Waals surface area contributed by atoms with E-state index < -0.39 is 17.7 Å². The highest BCUT2D eigenvalue weighted by molar-refractivity contribution is 5.89. The van der Waals surface area contributed by atoms with Gasteiger partial charge in [0.15, 0.2) is 0 Å². The quantitative estimate of drug-likeness (QED) is 0.734. The van der Waals surface area contributed by atoms with Crippen LogP contribution in [0.5, 0.6) is 0 Å². The number of halogens is 3. The Morgan fingerprint density at radius 3 is 2.44 bits per heavy atom. The predicted molar refractivity (Wildman–Crippen MR) is 50.7 cm³/mol. The molecule has 0 aromatic carbocycles. The molecule has 1 aromatic heterocycles. The Hall–Kier alpha value is -1.85. The molecule has 0 N–H and O–H groups in total. The molecule has 0 spiro atoms. The number of allylic oxidation sites excluding steroid dienone is 1. The van der Waals surface area contributed by atoms with Crippen LogP contribution in [0.3, 0.4) is 0 Å². The van der Waals surface area contributed by atoms with Gasteiger partial charge in [-0.05, 0) is 12.1 Å². The van der Waals surface area contributed by atoms with Gasteiger partial charge in [0.2, 0.25) is 0 Å². The van der Waals surface area contributed by atoms with Gasteiger partial charge in [0.05, 0.1) is 23.9 Å². The summed E-state index contributed by atoms with van der Waals surface area (Å²) in [6.07, 6.45) is -3.52. The topological polar surface area (TPSA) is 39.2 Å². The van der Waals surface area contributed by atoms with Crippen molar-refractivity contribution in [3.63, 3.8) is 0 Å². The van der Waals surface area contributed by atoms with Crippen LogP contribution >= 0.6 is 0 Å². The molecule has 0 aliphatic heterocycles. The number of alkyl halides is 3. The van der Waals surface area contributed by atoms with E-state index in [-0.39, 0.29) is 11.3 Å². The summed E-state index contributed by atoms with van der Waals surface area (Å²) < 4.78 is 41.1. The molecule has 16 heavy (non-hydrogen) atoms. The monoisotopic (exact) mass is 231 g/mol. The molecule has 0 saturated carbocycles. The number of hydrogen-bond donors (Lipinski definition) is 0. The van der Waals surface area contributed by atoms with Gasteiger partial charge in [0, 0.05) is 6.20 Å². The van der Waals surface area contributed by atoms with Gasteiger partial charge in [-0.15, -0.1) is 0 Å². The molecular formula is C10H8F3NO2. The van der Waals surface area contributed by atoms with Crippen LogP contribution in [0.2, 0.25) is 0 Å². The standard InChI is InChI=1S/C10H8F3NO2/c1-6(10(11,12)13)8-4-3-7(5-14-8)9(15)16-2/h3-5H,1H2,2H3. The minimum Gasteiger partial charge on any atom is -0.465 e. The van der Waals surface area contributed by atoms with E-state index in [4.69, 9.17) is 0 Å². The van der Waals surface area contributed by atoms with Crippen LogP contribution in [-0.4, -0.2) is 24.2 Å². The van der Waals surface area contributed by atoms with E-state index in [1.807, 2.05) is 0 Å². The van der Waals surface area contributed by atoms with Gasteiger partial charge in [-0.3, -0.25) is 4.98 Å². The number of methoxy groups -OCH3 is 1. The zero-order valence-electron chi connectivity index (χ0n) is 8.34. The molecule has 3 nitrogen and oxygen atoms in total. The van der Waals surface area contributed by atoms with E-state index in [1.165, 1.54) is 13.2 Å². The summed E-state index contributed by atoms with van der Waals surface area (Å²) in [6.45, 7) is 2.89. The lowest BCUT2D eigenvalue weighted by molar-refractivity contribution is -0.0688. The zero-order valence-corrected chi connectivity index (χ0v) is 8.34. The van der Waals surface area contributed by atoms with Crippen LogP contribution in [0.15, 0.2) is 24.9 Å². The number of nitrogens with zero attached hydrogens (tertiary/aromatic N) is 1. The summed E-state index contributed by atoms with van der Waals surface area (Å²) in [4.78, 5) is 14.5. The van der Waals surface area contributed by atoms with Gasteiger partial charge < -0.3 is 4.74 Å². The first kappa shape index (κ1) is 12.2. The summed E-state index contributed by atoms with van der Waals surface area (Å²) in [5.74, 6) is -0.656. The van der Waals surface area contributed by atoms with Crippen molar-refractivity contribution in [1.82, 2.24) is 4.98 Å². The number of aromatic nitrogens is 1. The third-order valence-corrected chi connectivity index (χ3v) is 1.84. The normalized spacial score (nSPS) is 11.0. The van der Waals surface area contributed by atoms with Crippen LogP contribution < -0.4 is 0 Å². The molecule has 1 aromatic rings. The number of pyridine rings is 1. The molecule has 1 heterocycles. The third kappa shape index (κ3) is 2.59. The van der Waals surface area contributed by atoms with E-state index in [9.17, 15) is 18.0 Å². The average molecular weight is 231 g/mol. The molecule has 0 fully saturated rings. The summed E-state index contributed by atoms with van der Waals surface area (Å²) in [5, 5.41) is 0. The molecule has 6 heteroatoms. The molecule has 0 aliphatic carbocycles. The summed E-state index contributed by atoms with van der Waals surface area (Å²) >= 11 is 0. The molecule has 86 valence electrons. The fourth-order valence-corrected chi connectivity index (χ4v) is 0.956. The number of rotatable bonds is 2. The first-order valence-electron chi connectivity index (χ1n) is 4.17. The second kappa shape index (κ2) is 4.34. The first-order valence-corrected chi connectivity index (χ1v) is 4.17. The largest absolute Gasteiger partial charge is 0.465 e. The van der Waals surface area contributed by atoms with Crippen molar-refractivity contribution in [3.05, 3.63) is 36.2 Å². The maximum atomic E-state index is 12.2. The second-order valence-electron chi connectivity index (χ2n) is 2.90. The number of carbonyl (C=O) groups is 1. The number of esters is 1. The fraction of sp³-hybridized carbons (Fsp3) is 0.200. The Labute approximate surface area is 89.6 Å². The van der Waals surface area contributed by atoms with Crippen LogP contribution in [0, 0.1) is 0 Å². The maximum absolute atomic E-state index is 12.2. The van der Waals surface area contributed by atoms with E-state index >= 15 is 0 Å². The van der Waals surface area contributed by atoms with E-state index in [1.54, 1.807) is 0 Å². The smallest absolute Gasteiger partial charge is 0.417 e. The second-order valence-corrected chi connectivity index (χ2v) is 2.90. The number of carbonyl (C=O) groups excluding carboxylic acids is 1. The Balaban J connectivity index is 2.96. The Morgan fingerprint density at radius 2 is 2.06 bits per heavy atom. The predicted octanol–water partition coefficient (Wildman–Crippen LogP) is 2.44. The minimum absolute atomic E-state index is 0.0845. The van der Waals surface area contributed by atoms with Crippen molar-refractivity contribution < 1.29 is 22.7 Å². The van der Waals surface area contributed by atoms with Crippen molar-refractivity contribution in [2.45, 2.75) is 6.18 Å². The molecule has 0 aliphatic rings. The highest BCUT2D eigenvalue weighted by Gasteiger charge is 2.33. The van der Waals surface area contributed by atoms with Gasteiger partial charge in [-0.25, -0.2) is 4.79 Å². The Morgan fingerprint density at radius 1 is 1.44 bits per heavy atom. The first-order chi connectivity index (χ1) is 7.36. The zero-order chi connectivity index (χ0) is 12.3. The van der Waals surface area contributed by atoms with Gasteiger partial charge in [0.1, 0.15) is 0 Å². The van der Waals surface area contributed by atoms with Gasteiger partial charge in [-0.1, -0.05) is 6.58 Å². The molecule has 1 rings (SSSR count). The minimum atomic E-state index is -4.53. The summed E-state index contributed by atoms with van der Waals surface area (Å²) in [6, 6.07) is 2.27. The molecular weight excluding hydrogens is 223 g/mol. The molecule has 0 unspecified atom stereocenters. The summed E-state index contributed by atoms with van der Waals surface area (Å²) in [7, 11) is 1.17. The molecule has 0 amide bonds. The number of ether oxygens (including phenoxy) is 1. The molecule has 0 bridgehead atoms. The van der Waals surface area contributed by atoms with Gasteiger partial charge in [0.25, 0.3) is 0 Å². The van der Waals surface area contributed by atoms with Crippen molar-refractivity contribution >= 4 is 11.5 Å². The number of hydrogen-bond acceptors (Lipinski definition) is 3. The maximum Gasteiger partial charge on any atom is 0.417 e. The average Bonchev–Trinajstić information content (AvgIpc) is 2.26. The highest BCUT2D eigenvalue weighted by atomic mass is 19.4. The Bertz CT molecular complexity index is 409. The van der Waals surface area contributed by atoms with E-state index in [2.05, 4.69) is 16.3 Å². The Kier molecular flexibility index (Phi) is 3.31. The molecule has 0 radical (unpaired) electrons. The SMILES string of the molecule is C=C(c1ccc(C(=O)OC)cn1)C(F)(F)F. The van der Waals surface area contributed by atoms with Crippen LogP contribution in [0.25, 0.3) is 5.57 Å². The van der Waals surface area contributed by atoms with Crippen molar-refractivity contribution in [1.29, 1.82) is 0 Å². The van der Waals surface area contributed by atoms with E-state index in [0.29, 0.717) is 0 Å². The van der Waals surface area contributed by atoms with Gasteiger partial charge in [-0.2, -0.15) is 13.2 Å². The van der Waals surface area contributed by atoms with Crippen molar-refractivity contribution in [2.24, 2.45) is 0 Å². The lowest BCUT2D eigenvalue weighted by Gasteiger charge is -2.09. The van der Waals surface area contributed by atoms with Crippen LogP contribution in [0.4, 0.5) is 13.2 Å². The lowest BCUT2D eigenvalue weighted by Crippen LogP contribution is -2.11. The fourth-order valence-electron chi connectivity index (χ4n) is 0.956. The van der Waals surface area contributed by atoms with Crippen molar-refractivity contribution in [2.75, 3.05) is 7.11 Å². The highest BCUT2D eigenvalue weighted by Crippen LogP contribution is 2.30. The van der Waals surface area contributed by atoms with E-state index in [0.717, 1.165) is 12.3 Å². The molecule has 0 atom stereocenters. The molecule has 0 saturated heterocycles. The van der Waals surface area contributed by atoms with Gasteiger partial charge >= 0.3 is 12.1 Å². The van der Waals surface area contributed by atoms with Crippen LogP contribution in [0.1, 0.15) is 16.1 Å². The van der Waals surface area contributed by atoms with Crippen LogP contribution in [-0.2, 0) is 4.74 Å². The third-order valence-electron chi connectivity index (χ3n) is 1.84.